The second kappa shape index (κ2) is 8.10. The third-order valence-corrected chi connectivity index (χ3v) is 3.85. The lowest BCUT2D eigenvalue weighted by Gasteiger charge is -2.22. The summed E-state index contributed by atoms with van der Waals surface area (Å²) < 4.78 is 0. The molecular weight excluding hydrogens is 313 g/mol. The molecule has 0 saturated carbocycles. The molecule has 0 aliphatic carbocycles. The van der Waals surface area contributed by atoms with E-state index in [1.54, 1.807) is 18.2 Å². The van der Waals surface area contributed by atoms with Crippen LogP contribution >= 0.6 is 23.2 Å². The third-order valence-electron chi connectivity index (χ3n) is 3.26. The molecule has 5 nitrogen and oxygen atoms in total. The average molecular weight is 332 g/mol. The van der Waals surface area contributed by atoms with Crippen LogP contribution in [-0.2, 0) is 11.3 Å². The molecule has 116 valence electrons. The molecule has 0 aliphatic rings. The molecule has 1 aromatic rings. The van der Waals surface area contributed by atoms with Gasteiger partial charge in [0.15, 0.2) is 0 Å². The molecule has 4 N–H and O–H groups in total. The van der Waals surface area contributed by atoms with Gasteiger partial charge in [-0.3, -0.25) is 4.79 Å². The number of urea groups is 1. The molecule has 21 heavy (non-hydrogen) atoms. The van der Waals surface area contributed by atoms with Crippen molar-refractivity contribution in [2.24, 2.45) is 11.7 Å². The smallest absolute Gasteiger partial charge is 0.312 e. The third kappa shape index (κ3) is 5.44. The average Bonchev–Trinajstić information content (AvgIpc) is 2.42. The number of rotatable bonds is 6. The van der Waals surface area contributed by atoms with Gasteiger partial charge in [0.05, 0.1) is 0 Å². The van der Waals surface area contributed by atoms with Crippen LogP contribution < -0.4 is 16.4 Å². The Bertz CT molecular complexity index is 523. The zero-order valence-corrected chi connectivity index (χ0v) is 13.5. The fourth-order valence-corrected chi connectivity index (χ4v) is 2.29. The normalized spacial score (nSPS) is 13.3. The molecule has 0 radical (unpaired) electrons. The minimum atomic E-state index is -0.722. The number of amides is 3. The van der Waals surface area contributed by atoms with E-state index in [2.05, 4.69) is 10.6 Å². The van der Waals surface area contributed by atoms with Crippen LogP contribution in [0.15, 0.2) is 18.2 Å². The monoisotopic (exact) mass is 331 g/mol. The van der Waals surface area contributed by atoms with Crippen molar-refractivity contribution in [3.63, 3.8) is 0 Å². The maximum Gasteiger partial charge on any atom is 0.312 e. The van der Waals surface area contributed by atoms with Crippen LogP contribution in [0.3, 0.4) is 0 Å². The molecule has 0 aromatic heterocycles. The predicted octanol–water partition coefficient (Wildman–Crippen LogP) is 2.69. The van der Waals surface area contributed by atoms with Gasteiger partial charge in [-0.15, -0.1) is 0 Å². The SMILES string of the molecule is CC[C@@H](C)[C@H](NC(N)=O)C(=O)NCc1ccc(Cl)cc1Cl. The van der Waals surface area contributed by atoms with Crippen LogP contribution in [0.4, 0.5) is 4.79 Å². The van der Waals surface area contributed by atoms with Crippen molar-refractivity contribution in [3.05, 3.63) is 33.8 Å². The number of nitrogens with one attached hydrogen (secondary N) is 2. The zero-order chi connectivity index (χ0) is 16.0. The highest BCUT2D eigenvalue weighted by Crippen LogP contribution is 2.20. The summed E-state index contributed by atoms with van der Waals surface area (Å²) in [5, 5.41) is 6.21. The first-order valence-electron chi connectivity index (χ1n) is 6.62. The second-order valence-electron chi connectivity index (χ2n) is 4.83. The molecule has 7 heteroatoms. The molecule has 3 amide bonds. The van der Waals surface area contributed by atoms with Crippen molar-refractivity contribution in [1.82, 2.24) is 10.6 Å². The maximum atomic E-state index is 12.2. The van der Waals surface area contributed by atoms with E-state index in [-0.39, 0.29) is 18.4 Å². The van der Waals surface area contributed by atoms with Crippen LogP contribution in [0, 0.1) is 5.92 Å². The summed E-state index contributed by atoms with van der Waals surface area (Å²) in [6.45, 7) is 4.06. The summed E-state index contributed by atoms with van der Waals surface area (Å²) in [4.78, 5) is 23.2. The zero-order valence-electron chi connectivity index (χ0n) is 12.0. The fourth-order valence-electron chi connectivity index (χ4n) is 1.81. The van der Waals surface area contributed by atoms with Gasteiger partial charge in [-0.25, -0.2) is 4.79 Å². The van der Waals surface area contributed by atoms with Crippen LogP contribution in [0.5, 0.6) is 0 Å². The summed E-state index contributed by atoms with van der Waals surface area (Å²) in [7, 11) is 0. The van der Waals surface area contributed by atoms with Crippen molar-refractivity contribution in [2.75, 3.05) is 0 Å². The van der Waals surface area contributed by atoms with Gasteiger partial charge < -0.3 is 16.4 Å². The van der Waals surface area contributed by atoms with Gasteiger partial charge in [-0.2, -0.15) is 0 Å². The van der Waals surface area contributed by atoms with Crippen molar-refractivity contribution in [2.45, 2.75) is 32.9 Å². The quantitative estimate of drug-likeness (QED) is 0.748. The molecule has 0 unspecified atom stereocenters. The van der Waals surface area contributed by atoms with Gasteiger partial charge >= 0.3 is 6.03 Å². The Hall–Kier alpha value is -1.46. The lowest BCUT2D eigenvalue weighted by atomic mass is 9.98. The highest BCUT2D eigenvalue weighted by molar-refractivity contribution is 6.35. The van der Waals surface area contributed by atoms with Gasteiger partial charge in [0.25, 0.3) is 0 Å². The Labute approximate surface area is 134 Å². The Morgan fingerprint density at radius 2 is 2.00 bits per heavy atom. The van der Waals surface area contributed by atoms with Crippen LogP contribution in [0.1, 0.15) is 25.8 Å². The van der Waals surface area contributed by atoms with E-state index in [0.717, 1.165) is 12.0 Å². The van der Waals surface area contributed by atoms with E-state index in [1.165, 1.54) is 0 Å². The molecule has 0 aliphatic heterocycles. The maximum absolute atomic E-state index is 12.2. The van der Waals surface area contributed by atoms with Gasteiger partial charge in [-0.05, 0) is 23.6 Å². The molecule has 0 saturated heterocycles. The number of nitrogens with two attached hydrogens (primary N) is 1. The molecule has 0 bridgehead atoms. The standard InChI is InChI=1S/C14H19Cl2N3O2/c1-3-8(2)12(19-14(17)21)13(20)18-7-9-4-5-10(15)6-11(9)16/h4-6,8,12H,3,7H2,1-2H3,(H,18,20)(H3,17,19,21)/t8-,12+/m1/s1. The highest BCUT2D eigenvalue weighted by Gasteiger charge is 2.24. The summed E-state index contributed by atoms with van der Waals surface area (Å²) >= 11 is 11.9. The number of carbonyl (C=O) groups excluding carboxylic acids is 2. The summed E-state index contributed by atoms with van der Waals surface area (Å²) in [5.74, 6) is -0.327. The van der Waals surface area contributed by atoms with E-state index < -0.39 is 12.1 Å². The molecule has 0 fully saturated rings. The Balaban J connectivity index is 2.70. The highest BCUT2D eigenvalue weighted by atomic mass is 35.5. The predicted molar refractivity (Wildman–Crippen MR) is 84.3 cm³/mol. The number of benzene rings is 1. The minimum Gasteiger partial charge on any atom is -0.352 e. The lowest BCUT2D eigenvalue weighted by Crippen LogP contribution is -2.51. The Morgan fingerprint density at radius 3 is 2.52 bits per heavy atom. The molecule has 0 spiro atoms. The lowest BCUT2D eigenvalue weighted by molar-refractivity contribution is -0.124. The molecule has 1 rings (SSSR count). The van der Waals surface area contributed by atoms with Crippen molar-refractivity contribution < 1.29 is 9.59 Å². The van der Waals surface area contributed by atoms with Crippen molar-refractivity contribution in [1.29, 1.82) is 0 Å². The largest absolute Gasteiger partial charge is 0.352 e. The van der Waals surface area contributed by atoms with Gasteiger partial charge in [-0.1, -0.05) is 49.5 Å². The number of hydrogen-bond donors (Lipinski definition) is 3. The van der Waals surface area contributed by atoms with E-state index in [1.807, 2.05) is 13.8 Å². The van der Waals surface area contributed by atoms with E-state index in [4.69, 9.17) is 28.9 Å². The Morgan fingerprint density at radius 1 is 1.33 bits per heavy atom. The van der Waals surface area contributed by atoms with Crippen molar-refractivity contribution in [3.8, 4) is 0 Å². The van der Waals surface area contributed by atoms with E-state index >= 15 is 0 Å². The van der Waals surface area contributed by atoms with Crippen LogP contribution in [0.2, 0.25) is 10.0 Å². The molecular formula is C14H19Cl2N3O2. The van der Waals surface area contributed by atoms with Crippen LogP contribution in [-0.4, -0.2) is 18.0 Å². The summed E-state index contributed by atoms with van der Waals surface area (Å²) in [6.07, 6.45) is 0.736. The summed E-state index contributed by atoms with van der Waals surface area (Å²) in [6, 6.07) is 3.66. The number of halogens is 2. The first-order valence-corrected chi connectivity index (χ1v) is 7.38. The van der Waals surface area contributed by atoms with Gasteiger partial charge in [0.2, 0.25) is 5.91 Å². The first kappa shape index (κ1) is 17.6. The molecule has 1 aromatic carbocycles. The van der Waals surface area contributed by atoms with E-state index in [0.29, 0.717) is 10.0 Å². The second-order valence-corrected chi connectivity index (χ2v) is 5.67. The number of carbonyl (C=O) groups is 2. The Kier molecular flexibility index (Phi) is 6.78. The first-order chi connectivity index (χ1) is 9.85. The summed E-state index contributed by atoms with van der Waals surface area (Å²) in [5.41, 5.74) is 5.85. The van der Waals surface area contributed by atoms with Crippen LogP contribution in [0.25, 0.3) is 0 Å². The topological polar surface area (TPSA) is 84.2 Å². The molecule has 2 atom stereocenters. The number of hydrogen-bond acceptors (Lipinski definition) is 2. The fraction of sp³-hybridized carbons (Fsp3) is 0.429. The van der Waals surface area contributed by atoms with Gasteiger partial charge in [0, 0.05) is 16.6 Å². The van der Waals surface area contributed by atoms with Gasteiger partial charge in [0.1, 0.15) is 6.04 Å². The number of primary amides is 1. The minimum absolute atomic E-state index is 0.0295. The van der Waals surface area contributed by atoms with Crippen molar-refractivity contribution >= 4 is 35.1 Å². The molecule has 0 heterocycles. The van der Waals surface area contributed by atoms with E-state index in [9.17, 15) is 9.59 Å².